The van der Waals surface area contributed by atoms with Crippen LogP contribution in [0.5, 0.6) is 0 Å². The number of rotatable bonds is 5. The van der Waals surface area contributed by atoms with Crippen molar-refractivity contribution in [1.29, 1.82) is 0 Å². The Hall–Kier alpha value is -2.11. The molecule has 6 nitrogen and oxygen atoms in total. The molecule has 1 aromatic heterocycles. The first-order valence-electron chi connectivity index (χ1n) is 8.00. The highest BCUT2D eigenvalue weighted by Crippen LogP contribution is 2.31. The molecule has 22 heavy (non-hydrogen) atoms. The van der Waals surface area contributed by atoms with Gasteiger partial charge in [-0.15, -0.1) is 0 Å². The van der Waals surface area contributed by atoms with E-state index in [0.717, 1.165) is 24.4 Å². The maximum absolute atomic E-state index is 12.5. The van der Waals surface area contributed by atoms with E-state index in [1.165, 1.54) is 12.8 Å². The lowest BCUT2D eigenvalue weighted by molar-refractivity contribution is -0.121. The van der Waals surface area contributed by atoms with Crippen molar-refractivity contribution in [2.75, 3.05) is 18.0 Å². The number of carbonyl (C=O) groups is 2. The van der Waals surface area contributed by atoms with Crippen molar-refractivity contribution in [1.82, 2.24) is 15.6 Å². The number of aromatic nitrogens is 1. The summed E-state index contributed by atoms with van der Waals surface area (Å²) >= 11 is 0. The molecule has 0 aromatic carbocycles. The first-order chi connectivity index (χ1) is 10.7. The van der Waals surface area contributed by atoms with E-state index in [0.29, 0.717) is 19.5 Å². The summed E-state index contributed by atoms with van der Waals surface area (Å²) in [5.41, 5.74) is 0.785. The average Bonchev–Trinajstić information content (AvgIpc) is 3.34. The SMILES string of the molecule is O=C(NCCC1CC1)N[C@@H]1CCCN(c2cccnc2)C1=O. The van der Waals surface area contributed by atoms with Gasteiger partial charge in [-0.2, -0.15) is 0 Å². The van der Waals surface area contributed by atoms with Crippen LogP contribution in [0.25, 0.3) is 0 Å². The summed E-state index contributed by atoms with van der Waals surface area (Å²) in [7, 11) is 0. The Bertz CT molecular complexity index is 530. The van der Waals surface area contributed by atoms with Gasteiger partial charge in [0.05, 0.1) is 11.9 Å². The fourth-order valence-corrected chi connectivity index (χ4v) is 2.78. The third-order valence-electron chi connectivity index (χ3n) is 4.24. The van der Waals surface area contributed by atoms with Crippen molar-refractivity contribution in [3.05, 3.63) is 24.5 Å². The Morgan fingerprint density at radius 3 is 2.95 bits per heavy atom. The monoisotopic (exact) mass is 302 g/mol. The van der Waals surface area contributed by atoms with Crippen LogP contribution in [0.1, 0.15) is 32.1 Å². The molecule has 2 aliphatic rings. The van der Waals surface area contributed by atoms with E-state index in [1.54, 1.807) is 17.3 Å². The summed E-state index contributed by atoms with van der Waals surface area (Å²) < 4.78 is 0. The summed E-state index contributed by atoms with van der Waals surface area (Å²) in [4.78, 5) is 30.2. The van der Waals surface area contributed by atoms with E-state index in [1.807, 2.05) is 12.1 Å². The van der Waals surface area contributed by atoms with E-state index >= 15 is 0 Å². The molecule has 1 aliphatic carbocycles. The molecule has 6 heteroatoms. The maximum Gasteiger partial charge on any atom is 0.315 e. The number of pyridine rings is 1. The molecule has 118 valence electrons. The molecule has 0 radical (unpaired) electrons. The molecule has 1 aromatic rings. The van der Waals surface area contributed by atoms with Gasteiger partial charge in [0, 0.05) is 19.3 Å². The van der Waals surface area contributed by atoms with Gasteiger partial charge >= 0.3 is 6.03 Å². The molecule has 1 aliphatic heterocycles. The van der Waals surface area contributed by atoms with E-state index in [2.05, 4.69) is 15.6 Å². The Kier molecular flexibility index (Phi) is 4.56. The van der Waals surface area contributed by atoms with Crippen LogP contribution in [0.2, 0.25) is 0 Å². The maximum atomic E-state index is 12.5. The molecular weight excluding hydrogens is 280 g/mol. The molecular formula is C16H22N4O2. The number of nitrogens with one attached hydrogen (secondary N) is 2. The number of piperidine rings is 1. The number of anilines is 1. The molecule has 0 unspecified atom stereocenters. The van der Waals surface area contributed by atoms with Gasteiger partial charge in [-0.25, -0.2) is 4.79 Å². The van der Waals surface area contributed by atoms with Crippen molar-refractivity contribution in [3.8, 4) is 0 Å². The average molecular weight is 302 g/mol. The number of amides is 3. The van der Waals surface area contributed by atoms with Gasteiger partial charge in [0.25, 0.3) is 0 Å². The fraction of sp³-hybridized carbons (Fsp3) is 0.562. The van der Waals surface area contributed by atoms with Gasteiger partial charge in [0.15, 0.2) is 0 Å². The van der Waals surface area contributed by atoms with Gasteiger partial charge in [-0.1, -0.05) is 12.8 Å². The molecule has 2 N–H and O–H groups in total. The van der Waals surface area contributed by atoms with Crippen LogP contribution in [0.4, 0.5) is 10.5 Å². The summed E-state index contributed by atoms with van der Waals surface area (Å²) in [6, 6.07) is 2.98. The van der Waals surface area contributed by atoms with Crippen molar-refractivity contribution >= 4 is 17.6 Å². The van der Waals surface area contributed by atoms with Gasteiger partial charge in [0.1, 0.15) is 6.04 Å². The van der Waals surface area contributed by atoms with Crippen molar-refractivity contribution < 1.29 is 9.59 Å². The second-order valence-corrected chi connectivity index (χ2v) is 6.03. The number of hydrogen-bond acceptors (Lipinski definition) is 3. The Morgan fingerprint density at radius 2 is 2.23 bits per heavy atom. The predicted octanol–water partition coefficient (Wildman–Crippen LogP) is 1.68. The zero-order chi connectivity index (χ0) is 15.4. The molecule has 2 heterocycles. The number of carbonyl (C=O) groups excluding carboxylic acids is 2. The smallest absolute Gasteiger partial charge is 0.315 e. The summed E-state index contributed by atoms with van der Waals surface area (Å²) in [6.07, 6.45) is 8.51. The van der Waals surface area contributed by atoms with Gasteiger partial charge in [-0.05, 0) is 37.3 Å². The van der Waals surface area contributed by atoms with E-state index < -0.39 is 6.04 Å². The summed E-state index contributed by atoms with van der Waals surface area (Å²) in [5.74, 6) is 0.731. The van der Waals surface area contributed by atoms with Crippen LogP contribution in [0.15, 0.2) is 24.5 Å². The highest BCUT2D eigenvalue weighted by Gasteiger charge is 2.31. The highest BCUT2D eigenvalue weighted by atomic mass is 16.2. The summed E-state index contributed by atoms with van der Waals surface area (Å²) in [5, 5.41) is 5.64. The molecule has 1 saturated carbocycles. The molecule has 3 amide bonds. The van der Waals surface area contributed by atoms with Gasteiger partial charge in [0.2, 0.25) is 5.91 Å². The number of hydrogen-bond donors (Lipinski definition) is 2. The van der Waals surface area contributed by atoms with Crippen molar-refractivity contribution in [2.24, 2.45) is 5.92 Å². The summed E-state index contributed by atoms with van der Waals surface area (Å²) in [6.45, 7) is 1.36. The molecule has 0 bridgehead atoms. The minimum atomic E-state index is -0.449. The quantitative estimate of drug-likeness (QED) is 0.869. The van der Waals surface area contributed by atoms with Crippen LogP contribution < -0.4 is 15.5 Å². The number of nitrogens with zero attached hydrogens (tertiary/aromatic N) is 2. The third kappa shape index (κ3) is 3.75. The largest absolute Gasteiger partial charge is 0.338 e. The van der Waals surface area contributed by atoms with Crippen LogP contribution in [-0.2, 0) is 4.79 Å². The van der Waals surface area contributed by atoms with E-state index in [4.69, 9.17) is 0 Å². The topological polar surface area (TPSA) is 74.3 Å². The molecule has 2 fully saturated rings. The molecule has 0 spiro atoms. The molecule has 1 saturated heterocycles. The van der Waals surface area contributed by atoms with E-state index in [-0.39, 0.29) is 11.9 Å². The highest BCUT2D eigenvalue weighted by molar-refractivity contribution is 5.99. The zero-order valence-electron chi connectivity index (χ0n) is 12.6. The second-order valence-electron chi connectivity index (χ2n) is 6.03. The Balaban J connectivity index is 1.52. The first kappa shape index (κ1) is 14.8. The van der Waals surface area contributed by atoms with Gasteiger partial charge < -0.3 is 15.5 Å². The van der Waals surface area contributed by atoms with Crippen LogP contribution >= 0.6 is 0 Å². The van der Waals surface area contributed by atoms with E-state index in [9.17, 15) is 9.59 Å². The standard InChI is InChI=1S/C16H22N4O2/c21-15-14(19-16(22)18-9-7-12-5-6-12)4-2-10-20(15)13-3-1-8-17-11-13/h1,3,8,11-12,14H,2,4-7,9-10H2,(H2,18,19,22)/t14-/m1/s1. The third-order valence-corrected chi connectivity index (χ3v) is 4.24. The molecule has 3 rings (SSSR count). The molecule has 1 atom stereocenters. The second kappa shape index (κ2) is 6.77. The minimum Gasteiger partial charge on any atom is -0.338 e. The fourth-order valence-electron chi connectivity index (χ4n) is 2.78. The number of urea groups is 1. The zero-order valence-corrected chi connectivity index (χ0v) is 12.6. The van der Waals surface area contributed by atoms with Gasteiger partial charge in [-0.3, -0.25) is 9.78 Å². The van der Waals surface area contributed by atoms with Crippen LogP contribution in [0.3, 0.4) is 0 Å². The Morgan fingerprint density at radius 1 is 1.36 bits per heavy atom. The van der Waals surface area contributed by atoms with Crippen LogP contribution in [-0.4, -0.2) is 36.1 Å². The normalized spacial score (nSPS) is 21.5. The Labute approximate surface area is 130 Å². The van der Waals surface area contributed by atoms with Crippen LogP contribution in [0, 0.1) is 5.92 Å². The predicted molar refractivity (Wildman–Crippen MR) is 83.5 cm³/mol. The lowest BCUT2D eigenvalue weighted by atomic mass is 10.0. The van der Waals surface area contributed by atoms with Crippen molar-refractivity contribution in [3.63, 3.8) is 0 Å². The lowest BCUT2D eigenvalue weighted by Crippen LogP contribution is -2.54. The lowest BCUT2D eigenvalue weighted by Gasteiger charge is -2.32. The first-order valence-corrected chi connectivity index (χ1v) is 8.00. The minimum absolute atomic E-state index is 0.0587. The van der Waals surface area contributed by atoms with Crippen molar-refractivity contribution in [2.45, 2.75) is 38.1 Å².